The van der Waals surface area contributed by atoms with E-state index in [9.17, 15) is 9.59 Å². The second kappa shape index (κ2) is 8.29. The zero-order valence-electron chi connectivity index (χ0n) is 9.12. The molecule has 0 saturated heterocycles. The smallest absolute Gasteiger partial charge is 0.407 e. The molecule has 6 nitrogen and oxygen atoms in total. The van der Waals surface area contributed by atoms with Crippen molar-refractivity contribution in [3.8, 4) is 6.07 Å². The van der Waals surface area contributed by atoms with Crippen molar-refractivity contribution in [3.05, 3.63) is 12.2 Å². The second-order valence-electron chi connectivity index (χ2n) is 2.89. The molecule has 1 amide bonds. The fourth-order valence-electron chi connectivity index (χ4n) is 0.660. The third-order valence-corrected chi connectivity index (χ3v) is 1.40. The third kappa shape index (κ3) is 7.38. The maximum Gasteiger partial charge on any atom is 0.407 e. The summed E-state index contributed by atoms with van der Waals surface area (Å²) in [4.78, 5) is 21.8. The van der Waals surface area contributed by atoms with E-state index in [4.69, 9.17) is 10.00 Å². The number of rotatable bonds is 6. The highest BCUT2D eigenvalue weighted by molar-refractivity contribution is 5.86. The number of nitriles is 1. The largest absolute Gasteiger partial charge is 0.460 e. The van der Waals surface area contributed by atoms with Crippen LogP contribution in [0.5, 0.6) is 0 Å². The van der Waals surface area contributed by atoms with Crippen LogP contribution in [0.1, 0.15) is 13.3 Å². The summed E-state index contributed by atoms with van der Waals surface area (Å²) >= 11 is 0. The number of ether oxygens (including phenoxy) is 2. The van der Waals surface area contributed by atoms with Crippen LogP contribution in [0.4, 0.5) is 4.79 Å². The van der Waals surface area contributed by atoms with E-state index in [2.05, 4.69) is 16.6 Å². The van der Waals surface area contributed by atoms with Gasteiger partial charge in [0, 0.05) is 5.57 Å². The van der Waals surface area contributed by atoms with Crippen LogP contribution in [0.2, 0.25) is 0 Å². The van der Waals surface area contributed by atoms with E-state index in [1.54, 1.807) is 0 Å². The van der Waals surface area contributed by atoms with E-state index in [0.717, 1.165) is 0 Å². The number of amides is 1. The number of hydrogen-bond donors (Lipinski definition) is 1. The van der Waals surface area contributed by atoms with Gasteiger partial charge in [-0.2, -0.15) is 5.26 Å². The molecule has 6 heteroatoms. The van der Waals surface area contributed by atoms with Crippen molar-refractivity contribution >= 4 is 12.1 Å². The SMILES string of the molecule is C=C(C)C(=O)OCCNC(=O)OCCC#N. The van der Waals surface area contributed by atoms with E-state index < -0.39 is 12.1 Å². The van der Waals surface area contributed by atoms with Gasteiger partial charge in [-0.1, -0.05) is 6.58 Å². The number of nitrogens with zero attached hydrogens (tertiary/aromatic N) is 1. The number of alkyl carbamates (subject to hydrolysis) is 1. The highest BCUT2D eigenvalue weighted by Crippen LogP contribution is 1.90. The Kier molecular flexibility index (Phi) is 7.24. The summed E-state index contributed by atoms with van der Waals surface area (Å²) in [7, 11) is 0. The zero-order chi connectivity index (χ0) is 12.4. The fourth-order valence-corrected chi connectivity index (χ4v) is 0.660. The molecule has 0 aromatic carbocycles. The maximum absolute atomic E-state index is 10.9. The molecule has 0 saturated carbocycles. The van der Waals surface area contributed by atoms with Gasteiger partial charge in [-0.05, 0) is 6.92 Å². The monoisotopic (exact) mass is 226 g/mol. The number of hydrogen-bond acceptors (Lipinski definition) is 5. The van der Waals surface area contributed by atoms with Crippen molar-refractivity contribution in [2.75, 3.05) is 19.8 Å². The minimum atomic E-state index is -0.637. The van der Waals surface area contributed by atoms with Crippen LogP contribution >= 0.6 is 0 Å². The summed E-state index contributed by atoms with van der Waals surface area (Å²) in [5.74, 6) is -0.500. The van der Waals surface area contributed by atoms with Gasteiger partial charge in [0.2, 0.25) is 0 Å². The summed E-state index contributed by atoms with van der Waals surface area (Å²) in [6.07, 6.45) is -0.487. The highest BCUT2D eigenvalue weighted by Gasteiger charge is 2.04. The van der Waals surface area contributed by atoms with Crippen molar-refractivity contribution in [2.45, 2.75) is 13.3 Å². The Bertz CT molecular complexity index is 306. The molecule has 0 unspecified atom stereocenters. The van der Waals surface area contributed by atoms with Gasteiger partial charge in [0.1, 0.15) is 13.2 Å². The molecule has 0 bridgehead atoms. The molecule has 88 valence electrons. The minimum absolute atomic E-state index is 0.0495. The Morgan fingerprint density at radius 3 is 2.62 bits per heavy atom. The molecule has 0 aliphatic heterocycles. The van der Waals surface area contributed by atoms with Crippen molar-refractivity contribution < 1.29 is 19.1 Å². The van der Waals surface area contributed by atoms with Crippen LogP contribution in [0.25, 0.3) is 0 Å². The van der Waals surface area contributed by atoms with Crippen LogP contribution in [-0.4, -0.2) is 31.8 Å². The van der Waals surface area contributed by atoms with Crippen molar-refractivity contribution in [1.29, 1.82) is 5.26 Å². The first-order valence-corrected chi connectivity index (χ1v) is 4.68. The maximum atomic E-state index is 10.9. The van der Waals surface area contributed by atoms with Gasteiger partial charge in [0.15, 0.2) is 0 Å². The van der Waals surface area contributed by atoms with Gasteiger partial charge in [-0.15, -0.1) is 0 Å². The van der Waals surface area contributed by atoms with Crippen LogP contribution in [0.3, 0.4) is 0 Å². The highest BCUT2D eigenvalue weighted by atomic mass is 16.6. The molecular formula is C10H14N2O4. The Morgan fingerprint density at radius 2 is 2.06 bits per heavy atom. The predicted molar refractivity (Wildman–Crippen MR) is 55.4 cm³/mol. The van der Waals surface area contributed by atoms with Gasteiger partial charge in [-0.3, -0.25) is 0 Å². The molecule has 0 heterocycles. The lowest BCUT2D eigenvalue weighted by Gasteiger charge is -2.06. The summed E-state index contributed by atoms with van der Waals surface area (Å²) in [5.41, 5.74) is 0.302. The Morgan fingerprint density at radius 1 is 1.38 bits per heavy atom. The lowest BCUT2D eigenvalue weighted by Crippen LogP contribution is -2.29. The average Bonchev–Trinajstić information content (AvgIpc) is 2.24. The van der Waals surface area contributed by atoms with Crippen molar-refractivity contribution in [2.24, 2.45) is 0 Å². The number of esters is 1. The zero-order valence-corrected chi connectivity index (χ0v) is 9.12. The third-order valence-electron chi connectivity index (χ3n) is 1.40. The molecule has 0 aliphatic carbocycles. The van der Waals surface area contributed by atoms with Crippen LogP contribution in [0.15, 0.2) is 12.2 Å². The Hall–Kier alpha value is -2.03. The second-order valence-corrected chi connectivity index (χ2v) is 2.89. The predicted octanol–water partition coefficient (Wildman–Crippen LogP) is 0.746. The fraction of sp³-hybridized carbons (Fsp3) is 0.500. The lowest BCUT2D eigenvalue weighted by atomic mass is 10.4. The van der Waals surface area contributed by atoms with Crippen molar-refractivity contribution in [3.63, 3.8) is 0 Å². The molecule has 0 spiro atoms. The number of carbonyl (C=O) groups excluding carboxylic acids is 2. The van der Waals surface area contributed by atoms with E-state index in [1.807, 2.05) is 6.07 Å². The molecule has 0 atom stereocenters. The normalized spacial score (nSPS) is 8.75. The van der Waals surface area contributed by atoms with Gasteiger partial charge in [-0.25, -0.2) is 9.59 Å². The van der Waals surface area contributed by atoms with E-state index in [1.165, 1.54) is 6.92 Å². The van der Waals surface area contributed by atoms with Crippen LogP contribution < -0.4 is 5.32 Å². The molecule has 0 aliphatic rings. The van der Waals surface area contributed by atoms with Gasteiger partial charge < -0.3 is 14.8 Å². The van der Waals surface area contributed by atoms with E-state index in [-0.39, 0.29) is 26.2 Å². The molecule has 1 N–H and O–H groups in total. The van der Waals surface area contributed by atoms with Gasteiger partial charge in [0.05, 0.1) is 19.0 Å². The first-order chi connectivity index (χ1) is 7.57. The van der Waals surface area contributed by atoms with Gasteiger partial charge in [0.25, 0.3) is 0 Å². The van der Waals surface area contributed by atoms with E-state index >= 15 is 0 Å². The Labute approximate surface area is 93.8 Å². The summed E-state index contributed by atoms with van der Waals surface area (Å²) in [6, 6.07) is 1.83. The molecule has 16 heavy (non-hydrogen) atoms. The molecular weight excluding hydrogens is 212 g/mol. The lowest BCUT2D eigenvalue weighted by molar-refractivity contribution is -0.138. The summed E-state index contributed by atoms with van der Waals surface area (Å²) in [6.45, 7) is 5.20. The minimum Gasteiger partial charge on any atom is -0.460 e. The molecule has 0 rings (SSSR count). The molecule has 0 aromatic rings. The Balaban J connectivity index is 3.45. The standard InChI is InChI=1S/C10H14N2O4/c1-8(2)9(13)15-7-5-12-10(14)16-6-3-4-11/h1,3,5-7H2,2H3,(H,12,14). The first-order valence-electron chi connectivity index (χ1n) is 4.68. The summed E-state index contributed by atoms with van der Waals surface area (Å²) in [5, 5.41) is 10.5. The van der Waals surface area contributed by atoms with Gasteiger partial charge >= 0.3 is 12.1 Å². The van der Waals surface area contributed by atoms with Crippen LogP contribution in [-0.2, 0) is 14.3 Å². The topological polar surface area (TPSA) is 88.4 Å². The average molecular weight is 226 g/mol. The molecule has 0 fully saturated rings. The van der Waals surface area contributed by atoms with Crippen LogP contribution in [0, 0.1) is 11.3 Å². The van der Waals surface area contributed by atoms with Crippen molar-refractivity contribution in [1.82, 2.24) is 5.32 Å². The number of carbonyl (C=O) groups is 2. The molecule has 0 radical (unpaired) electrons. The quantitative estimate of drug-likeness (QED) is 0.410. The number of nitrogens with one attached hydrogen (secondary N) is 1. The molecule has 0 aromatic heterocycles. The first kappa shape index (κ1) is 14.0. The van der Waals surface area contributed by atoms with E-state index in [0.29, 0.717) is 5.57 Å². The summed E-state index contributed by atoms with van der Waals surface area (Å²) < 4.78 is 9.32.